The van der Waals surface area contributed by atoms with Crippen molar-refractivity contribution in [1.82, 2.24) is 5.32 Å². The number of hydrogen-bond acceptors (Lipinski definition) is 3. The zero-order valence-electron chi connectivity index (χ0n) is 16.6. The van der Waals surface area contributed by atoms with Gasteiger partial charge in [-0.15, -0.1) is 0 Å². The molecule has 1 N–H and O–H groups in total. The number of amides is 1. The van der Waals surface area contributed by atoms with Crippen molar-refractivity contribution in [3.05, 3.63) is 12.7 Å². The number of ether oxygens (including phenoxy) is 1. The van der Waals surface area contributed by atoms with E-state index >= 15 is 0 Å². The van der Waals surface area contributed by atoms with Gasteiger partial charge in [-0.1, -0.05) is 25.8 Å². The number of carbonyl (C=O) groups excluding carboxylic acids is 2. The molecule has 4 heteroatoms. The van der Waals surface area contributed by atoms with Crippen molar-refractivity contribution < 1.29 is 14.3 Å². The molecule has 5 fully saturated rings. The summed E-state index contributed by atoms with van der Waals surface area (Å²) in [5.41, 5.74) is -0.171. The highest BCUT2D eigenvalue weighted by Crippen LogP contribution is 2.63. The van der Waals surface area contributed by atoms with E-state index in [1.807, 2.05) is 0 Å². The molecule has 5 aliphatic rings. The topological polar surface area (TPSA) is 55.4 Å². The molecule has 4 nitrogen and oxygen atoms in total. The molecule has 0 spiro atoms. The Kier molecular flexibility index (Phi) is 5.61. The summed E-state index contributed by atoms with van der Waals surface area (Å²) in [6.45, 7) is 3.96. The van der Waals surface area contributed by atoms with E-state index < -0.39 is 0 Å². The molecular formula is C23H35NO3. The van der Waals surface area contributed by atoms with E-state index in [-0.39, 0.29) is 17.5 Å². The van der Waals surface area contributed by atoms with Gasteiger partial charge in [0.15, 0.2) is 0 Å². The first-order valence-electron chi connectivity index (χ1n) is 11.2. The van der Waals surface area contributed by atoms with Gasteiger partial charge in [-0.2, -0.15) is 0 Å². The SMILES string of the molecule is C=CC(=O)NCCCC(=O)OC1(C2CCCCC2)C2CC3CC(C2)CC1C3. The van der Waals surface area contributed by atoms with Crippen LogP contribution in [0.2, 0.25) is 0 Å². The van der Waals surface area contributed by atoms with Crippen molar-refractivity contribution in [3.63, 3.8) is 0 Å². The molecule has 0 aromatic carbocycles. The Balaban J connectivity index is 1.44. The summed E-state index contributed by atoms with van der Waals surface area (Å²) in [6, 6.07) is 0. The summed E-state index contributed by atoms with van der Waals surface area (Å²) in [5, 5.41) is 2.75. The maximum absolute atomic E-state index is 12.8. The van der Waals surface area contributed by atoms with Crippen LogP contribution in [0.3, 0.4) is 0 Å². The predicted molar refractivity (Wildman–Crippen MR) is 105 cm³/mol. The van der Waals surface area contributed by atoms with E-state index in [9.17, 15) is 9.59 Å². The fourth-order valence-electron chi connectivity index (χ4n) is 7.16. The Hall–Kier alpha value is -1.32. The van der Waals surface area contributed by atoms with Crippen molar-refractivity contribution in [3.8, 4) is 0 Å². The third kappa shape index (κ3) is 3.69. The van der Waals surface area contributed by atoms with Crippen molar-refractivity contribution >= 4 is 11.9 Å². The van der Waals surface area contributed by atoms with Gasteiger partial charge < -0.3 is 10.1 Å². The molecule has 0 unspecified atom stereocenters. The first-order chi connectivity index (χ1) is 13.1. The minimum absolute atomic E-state index is 0.0408. The van der Waals surface area contributed by atoms with Gasteiger partial charge in [-0.25, -0.2) is 0 Å². The molecule has 4 bridgehead atoms. The molecule has 0 saturated heterocycles. The van der Waals surface area contributed by atoms with Gasteiger partial charge >= 0.3 is 5.97 Å². The van der Waals surface area contributed by atoms with Crippen LogP contribution in [0.5, 0.6) is 0 Å². The summed E-state index contributed by atoms with van der Waals surface area (Å²) in [5.74, 6) is 3.33. The molecule has 0 heterocycles. The monoisotopic (exact) mass is 373 g/mol. The van der Waals surface area contributed by atoms with Crippen LogP contribution in [0.15, 0.2) is 12.7 Å². The van der Waals surface area contributed by atoms with Crippen LogP contribution < -0.4 is 5.32 Å². The standard InChI is InChI=1S/C23H35NO3/c1-2-21(25)24-10-6-9-22(26)27-23(18-7-4-3-5-8-18)19-12-16-11-17(14-19)15-20(23)13-16/h2,16-20H,1,3-15H2,(H,24,25). The van der Waals surface area contributed by atoms with Crippen molar-refractivity contribution in [2.24, 2.45) is 29.6 Å². The van der Waals surface area contributed by atoms with Gasteiger partial charge in [-0.3, -0.25) is 9.59 Å². The van der Waals surface area contributed by atoms with E-state index in [1.54, 1.807) is 0 Å². The van der Waals surface area contributed by atoms with Gasteiger partial charge in [0.2, 0.25) is 5.91 Å². The summed E-state index contributed by atoms with van der Waals surface area (Å²) in [4.78, 5) is 24.1. The highest BCUT2D eigenvalue weighted by atomic mass is 16.6. The van der Waals surface area contributed by atoms with Crippen molar-refractivity contribution in [2.75, 3.05) is 6.54 Å². The molecule has 0 aromatic heterocycles. The second-order valence-corrected chi connectivity index (χ2v) is 9.57. The van der Waals surface area contributed by atoms with Gasteiger partial charge in [0.05, 0.1) is 0 Å². The second kappa shape index (κ2) is 7.97. The second-order valence-electron chi connectivity index (χ2n) is 9.57. The molecule has 150 valence electrons. The zero-order valence-corrected chi connectivity index (χ0v) is 16.6. The van der Waals surface area contributed by atoms with E-state index in [1.165, 1.54) is 70.3 Å². The van der Waals surface area contributed by atoms with E-state index in [2.05, 4.69) is 11.9 Å². The first kappa shape index (κ1) is 19.0. The van der Waals surface area contributed by atoms with E-state index in [0.29, 0.717) is 37.1 Å². The summed E-state index contributed by atoms with van der Waals surface area (Å²) in [7, 11) is 0. The van der Waals surface area contributed by atoms with Gasteiger partial charge in [0.1, 0.15) is 5.60 Å². The average molecular weight is 374 g/mol. The minimum Gasteiger partial charge on any atom is -0.458 e. The van der Waals surface area contributed by atoms with Crippen LogP contribution in [0.4, 0.5) is 0 Å². The number of nitrogens with one attached hydrogen (secondary N) is 1. The Morgan fingerprint density at radius 3 is 2.19 bits per heavy atom. The predicted octanol–water partition coefficient (Wildman–Crippen LogP) is 4.39. The lowest BCUT2D eigenvalue weighted by atomic mass is 9.46. The number of hydrogen-bond donors (Lipinski definition) is 1. The lowest BCUT2D eigenvalue weighted by Crippen LogP contribution is -2.63. The quantitative estimate of drug-likeness (QED) is 0.409. The molecule has 1 amide bonds. The van der Waals surface area contributed by atoms with Gasteiger partial charge in [-0.05, 0) is 87.0 Å². The largest absolute Gasteiger partial charge is 0.458 e. The number of rotatable bonds is 7. The third-order valence-electron chi connectivity index (χ3n) is 7.99. The van der Waals surface area contributed by atoms with Crippen LogP contribution in [0, 0.1) is 29.6 Å². The lowest BCUT2D eigenvalue weighted by Gasteiger charge is -2.63. The van der Waals surface area contributed by atoms with E-state index in [4.69, 9.17) is 4.74 Å². The summed E-state index contributed by atoms with van der Waals surface area (Å²) < 4.78 is 6.52. The molecule has 5 aliphatic carbocycles. The summed E-state index contributed by atoms with van der Waals surface area (Å²) >= 11 is 0. The van der Waals surface area contributed by atoms with Crippen LogP contribution >= 0.6 is 0 Å². The Morgan fingerprint density at radius 1 is 0.963 bits per heavy atom. The molecule has 5 rings (SSSR count). The molecule has 0 aliphatic heterocycles. The summed E-state index contributed by atoms with van der Waals surface area (Å²) in [6.07, 6.45) is 15.3. The smallest absolute Gasteiger partial charge is 0.306 e. The molecule has 27 heavy (non-hydrogen) atoms. The Bertz CT molecular complexity index is 545. The highest BCUT2D eigenvalue weighted by molar-refractivity contribution is 5.86. The number of carbonyl (C=O) groups is 2. The molecule has 0 radical (unpaired) electrons. The maximum Gasteiger partial charge on any atom is 0.306 e. The third-order valence-corrected chi connectivity index (χ3v) is 7.99. The van der Waals surface area contributed by atoms with Crippen LogP contribution in [0.25, 0.3) is 0 Å². The fraction of sp³-hybridized carbons (Fsp3) is 0.826. The minimum atomic E-state index is -0.178. The fourth-order valence-corrected chi connectivity index (χ4v) is 7.16. The van der Waals surface area contributed by atoms with Gasteiger partial charge in [0.25, 0.3) is 0 Å². The first-order valence-corrected chi connectivity index (χ1v) is 11.2. The Morgan fingerprint density at radius 2 is 1.59 bits per heavy atom. The Labute approximate surface area is 163 Å². The molecular weight excluding hydrogens is 338 g/mol. The molecule has 0 aromatic rings. The van der Waals surface area contributed by atoms with Crippen LogP contribution in [-0.4, -0.2) is 24.0 Å². The molecule has 0 atom stereocenters. The highest BCUT2D eigenvalue weighted by Gasteiger charge is 2.62. The molecule has 5 saturated carbocycles. The van der Waals surface area contributed by atoms with Crippen LogP contribution in [0.1, 0.15) is 77.0 Å². The number of esters is 1. The van der Waals surface area contributed by atoms with Crippen molar-refractivity contribution in [1.29, 1.82) is 0 Å². The van der Waals surface area contributed by atoms with Crippen LogP contribution in [-0.2, 0) is 14.3 Å². The van der Waals surface area contributed by atoms with Crippen molar-refractivity contribution in [2.45, 2.75) is 82.7 Å². The van der Waals surface area contributed by atoms with Gasteiger partial charge in [0, 0.05) is 13.0 Å². The normalized spacial score (nSPS) is 37.8. The average Bonchev–Trinajstić information content (AvgIpc) is 2.68. The maximum atomic E-state index is 12.8. The lowest BCUT2D eigenvalue weighted by molar-refractivity contribution is -0.232. The van der Waals surface area contributed by atoms with E-state index in [0.717, 1.165) is 11.8 Å². The zero-order chi connectivity index (χ0) is 18.9.